The monoisotopic (exact) mass is 298 g/mol. The minimum Gasteiger partial charge on any atom is -0.375 e. The molecule has 0 bridgehead atoms. The molecule has 0 aliphatic heterocycles. The van der Waals surface area contributed by atoms with Crippen LogP contribution in [0, 0.1) is 0 Å². The number of nitrogens with zero attached hydrogens (tertiary/aromatic N) is 1. The van der Waals surface area contributed by atoms with Crippen molar-refractivity contribution in [2.24, 2.45) is 0 Å². The van der Waals surface area contributed by atoms with E-state index in [1.807, 2.05) is 5.38 Å². The second-order valence-corrected chi connectivity index (χ2v) is 4.74. The summed E-state index contributed by atoms with van der Waals surface area (Å²) in [4.78, 5) is 4.25. The van der Waals surface area contributed by atoms with Gasteiger partial charge in [-0.05, 0) is 11.5 Å². The fraction of sp³-hybridized carbons (Fsp3) is 0.250. The number of hydrogen-bond donors (Lipinski definition) is 1. The molecule has 0 atom stereocenters. The second kappa shape index (κ2) is 5.46. The Labute approximate surface area is 110 Å². The van der Waals surface area contributed by atoms with Crippen molar-refractivity contribution in [3.8, 4) is 11.3 Å². The molecule has 86 valence electrons. The topological polar surface area (TPSA) is 38.9 Å². The van der Waals surface area contributed by atoms with Crippen LogP contribution < -0.4 is 5.73 Å². The van der Waals surface area contributed by atoms with Crippen LogP contribution in [0.25, 0.3) is 11.3 Å². The Kier molecular flexibility index (Phi) is 4.50. The lowest BCUT2D eigenvalue weighted by atomic mass is 10.0. The molecule has 0 saturated carbocycles. The molecule has 1 aromatic carbocycles. The summed E-state index contributed by atoms with van der Waals surface area (Å²) in [5.74, 6) is 0.569. The highest BCUT2D eigenvalue weighted by atomic mass is 79.9. The molecule has 0 saturated heterocycles. The fourth-order valence-corrected chi connectivity index (χ4v) is 2.03. The maximum atomic E-state index is 5.60. The zero-order valence-corrected chi connectivity index (χ0v) is 11.8. The molecule has 1 aromatic heterocycles. The van der Waals surface area contributed by atoms with Gasteiger partial charge in [0.2, 0.25) is 0 Å². The zero-order chi connectivity index (χ0) is 10.8. The minimum atomic E-state index is 0. The van der Waals surface area contributed by atoms with Crippen LogP contribution in [0.15, 0.2) is 29.6 Å². The van der Waals surface area contributed by atoms with Crippen molar-refractivity contribution in [3.63, 3.8) is 0 Å². The van der Waals surface area contributed by atoms with E-state index in [2.05, 4.69) is 43.1 Å². The molecule has 0 aliphatic carbocycles. The van der Waals surface area contributed by atoms with Gasteiger partial charge in [0, 0.05) is 10.9 Å². The van der Waals surface area contributed by atoms with Crippen molar-refractivity contribution in [2.75, 3.05) is 5.73 Å². The lowest BCUT2D eigenvalue weighted by Crippen LogP contribution is -1.87. The van der Waals surface area contributed by atoms with E-state index in [0.29, 0.717) is 11.0 Å². The molecular weight excluding hydrogens is 284 g/mol. The first-order chi connectivity index (χ1) is 7.16. The highest BCUT2D eigenvalue weighted by molar-refractivity contribution is 8.93. The average molecular weight is 299 g/mol. The van der Waals surface area contributed by atoms with Crippen molar-refractivity contribution in [1.82, 2.24) is 4.98 Å². The van der Waals surface area contributed by atoms with Crippen LogP contribution in [0.3, 0.4) is 0 Å². The summed E-state index contributed by atoms with van der Waals surface area (Å²) in [6.07, 6.45) is 0. The molecule has 0 amide bonds. The molecular formula is C12H15BrN2S. The van der Waals surface area contributed by atoms with Crippen LogP contribution in [0.5, 0.6) is 0 Å². The van der Waals surface area contributed by atoms with Crippen molar-refractivity contribution in [2.45, 2.75) is 19.8 Å². The van der Waals surface area contributed by atoms with Gasteiger partial charge in [0.25, 0.3) is 0 Å². The van der Waals surface area contributed by atoms with Gasteiger partial charge in [-0.3, -0.25) is 0 Å². The summed E-state index contributed by atoms with van der Waals surface area (Å²) in [6.45, 7) is 4.38. The van der Waals surface area contributed by atoms with Crippen LogP contribution in [0.4, 0.5) is 5.13 Å². The molecule has 0 spiro atoms. The van der Waals surface area contributed by atoms with Gasteiger partial charge in [-0.15, -0.1) is 28.3 Å². The van der Waals surface area contributed by atoms with Gasteiger partial charge in [0.15, 0.2) is 5.13 Å². The summed E-state index contributed by atoms with van der Waals surface area (Å²) in [6, 6.07) is 8.50. The Bertz CT molecular complexity index is 448. The standard InChI is InChI=1S/C12H14N2S.BrH/c1-8(2)9-3-5-10(6-4-9)11-7-15-12(13)14-11;/h3-8H,1-2H3,(H2,13,14);1H. The van der Waals surface area contributed by atoms with Crippen LogP contribution >= 0.6 is 28.3 Å². The number of halogens is 1. The molecule has 2 N–H and O–H groups in total. The van der Waals surface area contributed by atoms with Crippen molar-refractivity contribution >= 4 is 33.4 Å². The van der Waals surface area contributed by atoms with E-state index in [1.165, 1.54) is 16.9 Å². The normalized spacial score (nSPS) is 10.2. The number of anilines is 1. The maximum absolute atomic E-state index is 5.60. The number of hydrogen-bond acceptors (Lipinski definition) is 3. The van der Waals surface area contributed by atoms with Crippen LogP contribution in [0.1, 0.15) is 25.3 Å². The van der Waals surface area contributed by atoms with E-state index in [9.17, 15) is 0 Å². The Balaban J connectivity index is 0.00000128. The quantitative estimate of drug-likeness (QED) is 0.907. The van der Waals surface area contributed by atoms with E-state index in [-0.39, 0.29) is 17.0 Å². The summed E-state index contributed by atoms with van der Waals surface area (Å²) >= 11 is 1.48. The molecule has 1 heterocycles. The number of nitrogen functional groups attached to an aromatic ring is 1. The molecule has 2 aromatic rings. The Hall–Kier alpha value is -0.870. The zero-order valence-electron chi connectivity index (χ0n) is 9.31. The summed E-state index contributed by atoms with van der Waals surface area (Å²) < 4.78 is 0. The highest BCUT2D eigenvalue weighted by Crippen LogP contribution is 2.24. The van der Waals surface area contributed by atoms with E-state index in [1.54, 1.807) is 0 Å². The third-order valence-corrected chi connectivity index (χ3v) is 3.07. The molecule has 4 heteroatoms. The van der Waals surface area contributed by atoms with E-state index in [0.717, 1.165) is 11.3 Å². The van der Waals surface area contributed by atoms with Crippen LogP contribution in [-0.4, -0.2) is 4.98 Å². The Morgan fingerprint density at radius 2 is 1.81 bits per heavy atom. The molecule has 0 aliphatic rings. The van der Waals surface area contributed by atoms with Crippen LogP contribution in [-0.2, 0) is 0 Å². The van der Waals surface area contributed by atoms with Gasteiger partial charge in [0.05, 0.1) is 5.69 Å². The molecule has 0 unspecified atom stereocenters. The first kappa shape index (κ1) is 13.2. The fourth-order valence-electron chi connectivity index (χ4n) is 1.46. The molecule has 2 nitrogen and oxygen atoms in total. The number of rotatable bonds is 2. The first-order valence-electron chi connectivity index (χ1n) is 4.98. The summed E-state index contributed by atoms with van der Waals surface area (Å²) in [5, 5.41) is 2.61. The largest absolute Gasteiger partial charge is 0.375 e. The number of nitrogens with two attached hydrogens (primary N) is 1. The van der Waals surface area contributed by atoms with Gasteiger partial charge in [-0.1, -0.05) is 38.1 Å². The SMILES string of the molecule is Br.CC(C)c1ccc(-c2csc(N)n2)cc1. The van der Waals surface area contributed by atoms with Crippen molar-refractivity contribution in [1.29, 1.82) is 0 Å². The van der Waals surface area contributed by atoms with E-state index in [4.69, 9.17) is 5.73 Å². The molecule has 0 radical (unpaired) electrons. The van der Waals surface area contributed by atoms with Crippen LogP contribution in [0.2, 0.25) is 0 Å². The minimum absolute atomic E-state index is 0. The van der Waals surface area contributed by atoms with Gasteiger partial charge in [-0.2, -0.15) is 0 Å². The summed E-state index contributed by atoms with van der Waals surface area (Å²) in [5.41, 5.74) is 9.05. The van der Waals surface area contributed by atoms with Crippen molar-refractivity contribution < 1.29 is 0 Å². The highest BCUT2D eigenvalue weighted by Gasteiger charge is 2.03. The summed E-state index contributed by atoms with van der Waals surface area (Å²) in [7, 11) is 0. The lowest BCUT2D eigenvalue weighted by Gasteiger charge is -2.05. The molecule has 2 rings (SSSR count). The number of thiazole rings is 1. The molecule has 0 fully saturated rings. The smallest absolute Gasteiger partial charge is 0.180 e. The molecule has 16 heavy (non-hydrogen) atoms. The number of benzene rings is 1. The maximum Gasteiger partial charge on any atom is 0.180 e. The van der Waals surface area contributed by atoms with Crippen molar-refractivity contribution in [3.05, 3.63) is 35.2 Å². The average Bonchev–Trinajstić information content (AvgIpc) is 2.65. The van der Waals surface area contributed by atoms with Gasteiger partial charge < -0.3 is 5.73 Å². The van der Waals surface area contributed by atoms with Gasteiger partial charge in [-0.25, -0.2) is 4.98 Å². The van der Waals surface area contributed by atoms with Gasteiger partial charge in [0.1, 0.15) is 0 Å². The predicted molar refractivity (Wildman–Crippen MR) is 76.4 cm³/mol. The van der Waals surface area contributed by atoms with E-state index >= 15 is 0 Å². The number of aromatic nitrogens is 1. The lowest BCUT2D eigenvalue weighted by molar-refractivity contribution is 0.867. The first-order valence-corrected chi connectivity index (χ1v) is 5.86. The third kappa shape index (κ3) is 2.83. The van der Waals surface area contributed by atoms with Gasteiger partial charge >= 0.3 is 0 Å². The third-order valence-electron chi connectivity index (χ3n) is 2.40. The Morgan fingerprint density at radius 1 is 1.19 bits per heavy atom. The van der Waals surface area contributed by atoms with E-state index < -0.39 is 0 Å². The Morgan fingerprint density at radius 3 is 2.25 bits per heavy atom. The predicted octanol–water partition coefficient (Wildman–Crippen LogP) is 4.09. The second-order valence-electron chi connectivity index (χ2n) is 3.85.